The van der Waals surface area contributed by atoms with Crippen LogP contribution in [0.5, 0.6) is 0 Å². The molecule has 1 atom stereocenters. The van der Waals surface area contributed by atoms with E-state index in [1.807, 2.05) is 10.8 Å². The van der Waals surface area contributed by atoms with Gasteiger partial charge in [0, 0.05) is 5.25 Å². The summed E-state index contributed by atoms with van der Waals surface area (Å²) in [5, 5.41) is 0.898. The van der Waals surface area contributed by atoms with Crippen molar-refractivity contribution in [3.63, 3.8) is 0 Å². The number of rotatable bonds is 4. The minimum atomic E-state index is 0.848. The minimum Gasteiger partial charge on any atom is -0.0973 e. The van der Waals surface area contributed by atoms with Gasteiger partial charge in [-0.3, -0.25) is 0 Å². The Balaban J connectivity index is 2.41. The average Bonchev–Trinajstić information content (AvgIpc) is 2.15. The zero-order chi connectivity index (χ0) is 9.68. The predicted octanol–water partition coefficient (Wildman–Crippen LogP) is 4.60. The molecule has 1 unspecified atom stereocenters. The van der Waals surface area contributed by atoms with Crippen molar-refractivity contribution in [3.8, 4) is 0 Å². The summed E-state index contributed by atoms with van der Waals surface area (Å²) in [6.07, 6.45) is 9.60. The summed E-state index contributed by atoms with van der Waals surface area (Å²) in [4.78, 5) is 0. The Morgan fingerprint density at radius 1 is 1.08 bits per heavy atom. The van der Waals surface area contributed by atoms with E-state index in [0.717, 1.165) is 17.1 Å². The van der Waals surface area contributed by atoms with Crippen molar-refractivity contribution >= 4 is 21.6 Å². The lowest BCUT2D eigenvalue weighted by Gasteiger charge is -2.31. The molecule has 2 heteroatoms. The monoisotopic (exact) mass is 218 g/mol. The zero-order valence-electron chi connectivity index (χ0n) is 9.08. The molecule has 1 fully saturated rings. The second-order valence-electron chi connectivity index (χ2n) is 4.37. The van der Waals surface area contributed by atoms with Crippen LogP contribution in [0.3, 0.4) is 0 Å². The van der Waals surface area contributed by atoms with Crippen molar-refractivity contribution in [1.82, 2.24) is 0 Å². The maximum absolute atomic E-state index is 2.38. The van der Waals surface area contributed by atoms with Crippen LogP contribution in [0.1, 0.15) is 46.0 Å². The first kappa shape index (κ1) is 11.8. The molecule has 1 saturated carbocycles. The molecule has 1 rings (SSSR count). The molecule has 0 aromatic rings. The highest BCUT2D eigenvalue weighted by Gasteiger charge is 2.26. The first-order valence-electron chi connectivity index (χ1n) is 5.45. The molecule has 0 radical (unpaired) electrons. The molecule has 0 aromatic heterocycles. The summed E-state index contributed by atoms with van der Waals surface area (Å²) in [7, 11) is 4.06. The molecule has 13 heavy (non-hydrogen) atoms. The van der Waals surface area contributed by atoms with Crippen molar-refractivity contribution in [2.24, 2.45) is 11.8 Å². The molecule has 0 bridgehead atoms. The molecule has 0 aliphatic heterocycles. The van der Waals surface area contributed by atoms with E-state index in [2.05, 4.69) is 30.9 Å². The van der Waals surface area contributed by atoms with Crippen molar-refractivity contribution in [1.29, 1.82) is 0 Å². The van der Waals surface area contributed by atoms with Crippen LogP contribution in [0, 0.1) is 11.8 Å². The summed E-state index contributed by atoms with van der Waals surface area (Å²) in [5.41, 5.74) is 0. The van der Waals surface area contributed by atoms with Gasteiger partial charge in [-0.2, -0.15) is 0 Å². The van der Waals surface area contributed by atoms with E-state index < -0.39 is 0 Å². The van der Waals surface area contributed by atoms with Crippen LogP contribution in [0.25, 0.3) is 0 Å². The molecule has 0 amide bonds. The van der Waals surface area contributed by atoms with Crippen LogP contribution in [0.4, 0.5) is 0 Å². The van der Waals surface area contributed by atoms with Gasteiger partial charge < -0.3 is 0 Å². The molecule has 78 valence electrons. The fourth-order valence-corrected chi connectivity index (χ4v) is 4.99. The molecular formula is C11H22S2. The third-order valence-electron chi connectivity index (χ3n) is 2.98. The summed E-state index contributed by atoms with van der Waals surface area (Å²) in [5.74, 6) is 1.85. The standard InChI is InChI=1S/C11H22S2/c1-9(2)11(13-12-3)10-7-5-4-6-8-10/h9-11H,4-8H2,1-3H3. The highest BCUT2D eigenvalue weighted by atomic mass is 33.1. The minimum absolute atomic E-state index is 0.848. The predicted molar refractivity (Wildman–Crippen MR) is 66.3 cm³/mol. The largest absolute Gasteiger partial charge is 0.0973 e. The molecule has 0 aromatic carbocycles. The summed E-state index contributed by atoms with van der Waals surface area (Å²) in [6, 6.07) is 0. The zero-order valence-corrected chi connectivity index (χ0v) is 10.7. The Labute approximate surface area is 91.0 Å². The van der Waals surface area contributed by atoms with Gasteiger partial charge in [0.15, 0.2) is 0 Å². The van der Waals surface area contributed by atoms with Gasteiger partial charge in [0.05, 0.1) is 0 Å². The quantitative estimate of drug-likeness (QED) is 0.632. The van der Waals surface area contributed by atoms with E-state index in [-0.39, 0.29) is 0 Å². The highest BCUT2D eigenvalue weighted by Crippen LogP contribution is 2.40. The Morgan fingerprint density at radius 2 is 1.69 bits per heavy atom. The fourth-order valence-electron chi connectivity index (χ4n) is 2.31. The smallest absolute Gasteiger partial charge is 0.0202 e. The first-order chi connectivity index (χ1) is 6.25. The van der Waals surface area contributed by atoms with E-state index in [0.29, 0.717) is 0 Å². The highest BCUT2D eigenvalue weighted by molar-refractivity contribution is 8.76. The van der Waals surface area contributed by atoms with Gasteiger partial charge in [-0.05, 0) is 30.9 Å². The molecule has 0 heterocycles. The molecule has 0 N–H and O–H groups in total. The van der Waals surface area contributed by atoms with E-state index in [9.17, 15) is 0 Å². The maximum Gasteiger partial charge on any atom is 0.0202 e. The lowest BCUT2D eigenvalue weighted by atomic mass is 9.83. The molecule has 1 aliphatic carbocycles. The third-order valence-corrected chi connectivity index (χ3v) is 5.57. The van der Waals surface area contributed by atoms with Crippen LogP contribution < -0.4 is 0 Å². The average molecular weight is 218 g/mol. The van der Waals surface area contributed by atoms with Crippen LogP contribution in [-0.4, -0.2) is 11.5 Å². The van der Waals surface area contributed by atoms with E-state index in [1.54, 1.807) is 0 Å². The van der Waals surface area contributed by atoms with Crippen molar-refractivity contribution in [3.05, 3.63) is 0 Å². The Morgan fingerprint density at radius 3 is 2.15 bits per heavy atom. The maximum atomic E-state index is 2.38. The van der Waals surface area contributed by atoms with Crippen LogP contribution in [0.15, 0.2) is 0 Å². The topological polar surface area (TPSA) is 0 Å². The van der Waals surface area contributed by atoms with Crippen LogP contribution >= 0.6 is 21.6 Å². The lowest BCUT2D eigenvalue weighted by molar-refractivity contribution is 0.316. The van der Waals surface area contributed by atoms with E-state index in [1.165, 1.54) is 32.1 Å². The number of hydrogen-bond acceptors (Lipinski definition) is 2. The Hall–Kier alpha value is 0.700. The molecule has 0 nitrogen and oxygen atoms in total. The summed E-state index contributed by atoms with van der Waals surface area (Å²) < 4.78 is 0. The lowest BCUT2D eigenvalue weighted by Crippen LogP contribution is -2.24. The molecule has 1 aliphatic rings. The van der Waals surface area contributed by atoms with E-state index in [4.69, 9.17) is 0 Å². The summed E-state index contributed by atoms with van der Waals surface area (Å²) >= 11 is 0. The van der Waals surface area contributed by atoms with Gasteiger partial charge in [-0.1, -0.05) is 54.7 Å². The number of hydrogen-bond donors (Lipinski definition) is 0. The second-order valence-corrected chi connectivity index (χ2v) is 7.02. The Bertz CT molecular complexity index is 128. The molecule has 0 spiro atoms. The van der Waals surface area contributed by atoms with Crippen LogP contribution in [-0.2, 0) is 0 Å². The van der Waals surface area contributed by atoms with E-state index >= 15 is 0 Å². The van der Waals surface area contributed by atoms with Gasteiger partial charge in [0.1, 0.15) is 0 Å². The molecular weight excluding hydrogens is 196 g/mol. The normalized spacial score (nSPS) is 22.2. The Kier molecular flexibility index (Phi) is 5.65. The van der Waals surface area contributed by atoms with Gasteiger partial charge in [-0.15, -0.1) is 0 Å². The van der Waals surface area contributed by atoms with Gasteiger partial charge in [0.25, 0.3) is 0 Å². The molecule has 0 saturated heterocycles. The second kappa shape index (κ2) is 6.23. The van der Waals surface area contributed by atoms with Crippen molar-refractivity contribution in [2.75, 3.05) is 6.26 Å². The SMILES string of the molecule is CSSC(C(C)C)C1CCCCC1. The van der Waals surface area contributed by atoms with Gasteiger partial charge in [0.2, 0.25) is 0 Å². The third kappa shape index (κ3) is 3.75. The van der Waals surface area contributed by atoms with Gasteiger partial charge in [-0.25, -0.2) is 0 Å². The summed E-state index contributed by atoms with van der Waals surface area (Å²) in [6.45, 7) is 4.75. The fraction of sp³-hybridized carbons (Fsp3) is 1.00. The van der Waals surface area contributed by atoms with Crippen molar-refractivity contribution < 1.29 is 0 Å². The van der Waals surface area contributed by atoms with Crippen LogP contribution in [0.2, 0.25) is 0 Å². The first-order valence-corrected chi connectivity index (χ1v) is 8.07. The van der Waals surface area contributed by atoms with Crippen molar-refractivity contribution in [2.45, 2.75) is 51.2 Å². The van der Waals surface area contributed by atoms with Gasteiger partial charge >= 0.3 is 0 Å².